The number of anilines is 1. The molecule has 0 spiro atoms. The van der Waals surface area contributed by atoms with E-state index in [9.17, 15) is 5.11 Å². The third kappa shape index (κ3) is 4.52. The lowest BCUT2D eigenvalue weighted by Crippen LogP contribution is -2.36. The van der Waals surface area contributed by atoms with Crippen LogP contribution in [0.5, 0.6) is 0 Å². The first-order chi connectivity index (χ1) is 11.7. The van der Waals surface area contributed by atoms with Crippen LogP contribution in [0.4, 0.5) is 5.82 Å². The van der Waals surface area contributed by atoms with Crippen molar-refractivity contribution in [2.75, 3.05) is 12.3 Å². The smallest absolute Gasteiger partial charge is 0.144 e. The highest BCUT2D eigenvalue weighted by Gasteiger charge is 2.25. The molecular weight excluding hydrogens is 300 g/mol. The van der Waals surface area contributed by atoms with E-state index in [0.717, 1.165) is 30.8 Å². The van der Waals surface area contributed by atoms with Crippen molar-refractivity contribution >= 4 is 5.82 Å². The fraction of sp³-hybridized carbons (Fsp3) is 0.474. The van der Waals surface area contributed by atoms with Gasteiger partial charge in [0.15, 0.2) is 0 Å². The number of aromatic nitrogens is 2. The van der Waals surface area contributed by atoms with Crippen LogP contribution in [0.15, 0.2) is 42.6 Å². The predicted octanol–water partition coefficient (Wildman–Crippen LogP) is 2.93. The van der Waals surface area contributed by atoms with E-state index in [1.54, 1.807) is 12.3 Å². The van der Waals surface area contributed by atoms with E-state index < -0.39 is 6.10 Å². The highest BCUT2D eigenvalue weighted by Crippen LogP contribution is 2.27. The SMILES string of the molecule is Nc1ccnc(CN2CCCCCC2CC(O)c2ccccc2)n1. The lowest BCUT2D eigenvalue weighted by molar-refractivity contribution is 0.0960. The summed E-state index contributed by atoms with van der Waals surface area (Å²) in [4.78, 5) is 11.1. The molecule has 1 aliphatic rings. The summed E-state index contributed by atoms with van der Waals surface area (Å²) < 4.78 is 0. The Morgan fingerprint density at radius 3 is 2.79 bits per heavy atom. The fourth-order valence-electron chi connectivity index (χ4n) is 3.45. The Morgan fingerprint density at radius 1 is 1.17 bits per heavy atom. The third-order valence-corrected chi connectivity index (χ3v) is 4.75. The minimum absolute atomic E-state index is 0.340. The number of likely N-dealkylation sites (tertiary alicyclic amines) is 1. The second-order valence-electron chi connectivity index (χ2n) is 6.53. The summed E-state index contributed by atoms with van der Waals surface area (Å²) >= 11 is 0. The monoisotopic (exact) mass is 326 g/mol. The molecule has 2 unspecified atom stereocenters. The van der Waals surface area contributed by atoms with Gasteiger partial charge in [0.2, 0.25) is 0 Å². The van der Waals surface area contributed by atoms with Crippen LogP contribution in [-0.2, 0) is 6.54 Å². The van der Waals surface area contributed by atoms with E-state index in [1.807, 2.05) is 30.3 Å². The van der Waals surface area contributed by atoms with E-state index >= 15 is 0 Å². The molecule has 3 rings (SSSR count). The number of nitrogens with zero attached hydrogens (tertiary/aromatic N) is 3. The Bertz CT molecular complexity index is 634. The Kier molecular flexibility index (Phi) is 5.77. The van der Waals surface area contributed by atoms with Gasteiger partial charge in [0.1, 0.15) is 11.6 Å². The van der Waals surface area contributed by atoms with Gasteiger partial charge in [-0.2, -0.15) is 0 Å². The molecule has 1 fully saturated rings. The molecule has 2 aromatic rings. The summed E-state index contributed by atoms with van der Waals surface area (Å²) in [6.45, 7) is 1.71. The average Bonchev–Trinajstić information content (AvgIpc) is 2.81. The van der Waals surface area contributed by atoms with Crippen molar-refractivity contribution in [1.82, 2.24) is 14.9 Å². The zero-order valence-corrected chi connectivity index (χ0v) is 14.0. The maximum absolute atomic E-state index is 10.6. The van der Waals surface area contributed by atoms with E-state index in [2.05, 4.69) is 14.9 Å². The molecule has 1 aromatic heterocycles. The maximum atomic E-state index is 10.6. The van der Waals surface area contributed by atoms with Crippen LogP contribution < -0.4 is 5.73 Å². The van der Waals surface area contributed by atoms with E-state index in [-0.39, 0.29) is 0 Å². The van der Waals surface area contributed by atoms with Gasteiger partial charge in [0.25, 0.3) is 0 Å². The molecule has 0 saturated carbocycles. The molecule has 128 valence electrons. The molecule has 0 bridgehead atoms. The summed E-state index contributed by atoms with van der Waals surface area (Å²) in [6.07, 6.45) is 6.76. The number of aliphatic hydroxyl groups is 1. The Balaban J connectivity index is 1.70. The molecule has 1 saturated heterocycles. The van der Waals surface area contributed by atoms with Gasteiger partial charge < -0.3 is 10.8 Å². The molecule has 1 aliphatic heterocycles. The van der Waals surface area contributed by atoms with Gasteiger partial charge in [-0.25, -0.2) is 9.97 Å². The van der Waals surface area contributed by atoms with Gasteiger partial charge in [0, 0.05) is 12.2 Å². The first-order valence-electron chi connectivity index (χ1n) is 8.77. The molecule has 0 radical (unpaired) electrons. The molecule has 3 N–H and O–H groups in total. The second kappa shape index (κ2) is 8.22. The van der Waals surface area contributed by atoms with Gasteiger partial charge in [-0.15, -0.1) is 0 Å². The van der Waals surface area contributed by atoms with Crippen LogP contribution in [0.3, 0.4) is 0 Å². The summed E-state index contributed by atoms with van der Waals surface area (Å²) in [6, 6.07) is 12.0. The standard InChI is InChI=1S/C19H26N4O/c20-18-10-11-21-19(22-18)14-23-12-6-2-5-9-16(23)13-17(24)15-7-3-1-4-8-15/h1,3-4,7-8,10-11,16-17,24H,2,5-6,9,12-14H2,(H2,20,21,22). The number of hydrogen-bond donors (Lipinski definition) is 2. The maximum Gasteiger partial charge on any atom is 0.144 e. The number of aliphatic hydroxyl groups excluding tert-OH is 1. The van der Waals surface area contributed by atoms with Gasteiger partial charge in [-0.3, -0.25) is 4.90 Å². The molecule has 1 aromatic carbocycles. The van der Waals surface area contributed by atoms with Crippen molar-refractivity contribution in [2.24, 2.45) is 0 Å². The van der Waals surface area contributed by atoms with Crippen LogP contribution in [0.1, 0.15) is 49.6 Å². The highest BCUT2D eigenvalue weighted by atomic mass is 16.3. The summed E-state index contributed by atoms with van der Waals surface area (Å²) in [5, 5.41) is 10.6. The Morgan fingerprint density at radius 2 is 2.00 bits per heavy atom. The lowest BCUT2D eigenvalue weighted by Gasteiger charge is -2.31. The Labute approximate surface area is 143 Å². The average molecular weight is 326 g/mol. The second-order valence-corrected chi connectivity index (χ2v) is 6.53. The van der Waals surface area contributed by atoms with Crippen molar-refractivity contribution in [3.8, 4) is 0 Å². The van der Waals surface area contributed by atoms with E-state index in [0.29, 0.717) is 18.4 Å². The summed E-state index contributed by atoms with van der Waals surface area (Å²) in [5.41, 5.74) is 6.76. The van der Waals surface area contributed by atoms with Crippen LogP contribution in [0, 0.1) is 0 Å². The zero-order chi connectivity index (χ0) is 16.8. The summed E-state index contributed by atoms with van der Waals surface area (Å²) in [5.74, 6) is 1.27. The minimum atomic E-state index is -0.432. The molecule has 5 heteroatoms. The van der Waals surface area contributed by atoms with Crippen LogP contribution >= 0.6 is 0 Å². The third-order valence-electron chi connectivity index (χ3n) is 4.75. The first-order valence-corrected chi connectivity index (χ1v) is 8.77. The van der Waals surface area contributed by atoms with Crippen molar-refractivity contribution in [1.29, 1.82) is 0 Å². The van der Waals surface area contributed by atoms with Gasteiger partial charge >= 0.3 is 0 Å². The number of rotatable bonds is 5. The largest absolute Gasteiger partial charge is 0.388 e. The minimum Gasteiger partial charge on any atom is -0.388 e. The van der Waals surface area contributed by atoms with E-state index in [1.165, 1.54) is 19.3 Å². The van der Waals surface area contributed by atoms with Crippen molar-refractivity contribution in [3.63, 3.8) is 0 Å². The quantitative estimate of drug-likeness (QED) is 0.883. The van der Waals surface area contributed by atoms with Gasteiger partial charge in [0.05, 0.1) is 12.6 Å². The normalized spacial score (nSPS) is 20.5. The van der Waals surface area contributed by atoms with E-state index in [4.69, 9.17) is 5.73 Å². The number of nitrogens with two attached hydrogens (primary N) is 1. The van der Waals surface area contributed by atoms with Crippen LogP contribution in [0.25, 0.3) is 0 Å². The molecule has 24 heavy (non-hydrogen) atoms. The molecule has 0 amide bonds. The fourth-order valence-corrected chi connectivity index (χ4v) is 3.45. The molecule has 2 atom stereocenters. The summed E-state index contributed by atoms with van der Waals surface area (Å²) in [7, 11) is 0. The van der Waals surface area contributed by atoms with Gasteiger partial charge in [-0.05, 0) is 37.4 Å². The molecular formula is C19H26N4O. The van der Waals surface area contributed by atoms with Crippen LogP contribution in [0.2, 0.25) is 0 Å². The number of hydrogen-bond acceptors (Lipinski definition) is 5. The molecule has 0 aliphatic carbocycles. The van der Waals surface area contributed by atoms with Crippen molar-refractivity contribution < 1.29 is 5.11 Å². The predicted molar refractivity (Wildman–Crippen MR) is 95.1 cm³/mol. The number of nitrogen functional groups attached to an aromatic ring is 1. The van der Waals surface area contributed by atoms with Crippen LogP contribution in [-0.4, -0.2) is 32.6 Å². The first kappa shape index (κ1) is 16.9. The highest BCUT2D eigenvalue weighted by molar-refractivity contribution is 5.25. The zero-order valence-electron chi connectivity index (χ0n) is 14.0. The Hall–Kier alpha value is -1.98. The topological polar surface area (TPSA) is 75.3 Å². The number of benzene rings is 1. The molecule has 2 heterocycles. The lowest BCUT2D eigenvalue weighted by atomic mass is 9.98. The molecule has 5 nitrogen and oxygen atoms in total. The van der Waals surface area contributed by atoms with Crippen molar-refractivity contribution in [3.05, 3.63) is 54.0 Å². The van der Waals surface area contributed by atoms with Crippen molar-refractivity contribution in [2.45, 2.75) is 50.8 Å². The van der Waals surface area contributed by atoms with Gasteiger partial charge in [-0.1, -0.05) is 43.2 Å².